The van der Waals surface area contributed by atoms with Gasteiger partial charge < -0.3 is 10.3 Å². The number of hydrogen-bond donors (Lipinski definition) is 2. The van der Waals surface area contributed by atoms with E-state index < -0.39 is 0 Å². The number of benzene rings is 2. The molecule has 0 fully saturated rings. The molecule has 152 valence electrons. The van der Waals surface area contributed by atoms with Crippen molar-refractivity contribution in [1.82, 2.24) is 20.2 Å². The van der Waals surface area contributed by atoms with E-state index in [2.05, 4.69) is 22.2 Å². The molecule has 0 aliphatic rings. The number of nitrogens with zero attached hydrogens (tertiary/aromatic N) is 2. The summed E-state index contributed by atoms with van der Waals surface area (Å²) in [7, 11) is 0. The molecule has 0 spiro atoms. The van der Waals surface area contributed by atoms with E-state index in [4.69, 9.17) is 0 Å². The summed E-state index contributed by atoms with van der Waals surface area (Å²) >= 11 is 0. The zero-order valence-electron chi connectivity index (χ0n) is 17.0. The van der Waals surface area contributed by atoms with Crippen molar-refractivity contribution >= 4 is 16.8 Å². The highest BCUT2D eigenvalue weighted by molar-refractivity contribution is 5.78. The molecule has 2 N–H and O–H groups in total. The Balaban J connectivity index is 1.69. The van der Waals surface area contributed by atoms with Crippen molar-refractivity contribution in [3.05, 3.63) is 76.3 Å². The Morgan fingerprint density at radius 2 is 1.86 bits per heavy atom. The summed E-state index contributed by atoms with van der Waals surface area (Å²) in [4.78, 5) is 34.4. The third-order valence-electron chi connectivity index (χ3n) is 4.91. The van der Waals surface area contributed by atoms with Crippen LogP contribution >= 0.6 is 0 Å². The van der Waals surface area contributed by atoms with Gasteiger partial charge in [0.05, 0.1) is 30.0 Å². The molecular formula is C23H28N4O2. The summed E-state index contributed by atoms with van der Waals surface area (Å²) in [5, 5.41) is 3.63. The highest BCUT2D eigenvalue weighted by Gasteiger charge is 2.15. The number of para-hydroxylation sites is 1. The summed E-state index contributed by atoms with van der Waals surface area (Å²) in [6, 6.07) is 17.1. The van der Waals surface area contributed by atoms with Crippen LogP contribution in [-0.2, 0) is 11.3 Å². The molecule has 0 saturated heterocycles. The molecule has 0 saturated carbocycles. The molecular weight excluding hydrogens is 364 g/mol. The third-order valence-corrected chi connectivity index (χ3v) is 4.91. The molecule has 0 radical (unpaired) electrons. The fourth-order valence-electron chi connectivity index (χ4n) is 3.33. The maximum Gasteiger partial charge on any atom is 0.258 e. The molecule has 29 heavy (non-hydrogen) atoms. The number of carbonyl (C=O) groups is 1. The van der Waals surface area contributed by atoms with Gasteiger partial charge in [-0.15, -0.1) is 0 Å². The van der Waals surface area contributed by atoms with Crippen LogP contribution in [0.2, 0.25) is 0 Å². The number of hydrogen-bond acceptors (Lipinski definition) is 4. The lowest BCUT2D eigenvalue weighted by molar-refractivity contribution is -0.123. The van der Waals surface area contributed by atoms with Crippen LogP contribution in [0.1, 0.15) is 44.1 Å². The van der Waals surface area contributed by atoms with Crippen molar-refractivity contribution in [3.63, 3.8) is 0 Å². The topological polar surface area (TPSA) is 78.1 Å². The summed E-state index contributed by atoms with van der Waals surface area (Å²) in [6.45, 7) is 5.54. The van der Waals surface area contributed by atoms with Crippen molar-refractivity contribution in [2.75, 3.05) is 13.1 Å². The second-order valence-electron chi connectivity index (χ2n) is 7.29. The number of nitrogens with one attached hydrogen (secondary N) is 2. The molecule has 1 aromatic heterocycles. The van der Waals surface area contributed by atoms with Gasteiger partial charge in [-0.1, -0.05) is 55.8 Å². The van der Waals surface area contributed by atoms with Crippen LogP contribution in [0, 0.1) is 0 Å². The number of H-pyrrole nitrogens is 1. The first-order chi connectivity index (χ1) is 14.1. The van der Waals surface area contributed by atoms with Gasteiger partial charge in [-0.25, -0.2) is 4.98 Å². The molecule has 6 heteroatoms. The van der Waals surface area contributed by atoms with Crippen LogP contribution < -0.4 is 10.9 Å². The minimum Gasteiger partial charge on any atom is -0.348 e. The zero-order valence-corrected chi connectivity index (χ0v) is 17.0. The van der Waals surface area contributed by atoms with Crippen LogP contribution in [0.15, 0.2) is 59.4 Å². The largest absolute Gasteiger partial charge is 0.348 e. The number of unbranched alkanes of at least 4 members (excludes halogenated alkanes) is 1. The number of aromatic amines is 1. The maximum absolute atomic E-state index is 12.6. The fraction of sp³-hybridized carbons (Fsp3) is 0.348. The summed E-state index contributed by atoms with van der Waals surface area (Å²) in [5.74, 6) is 0.536. The monoisotopic (exact) mass is 392 g/mol. The van der Waals surface area contributed by atoms with E-state index in [0.717, 1.165) is 24.9 Å². The zero-order chi connectivity index (χ0) is 20.6. The highest BCUT2D eigenvalue weighted by Crippen LogP contribution is 2.12. The van der Waals surface area contributed by atoms with Crippen LogP contribution in [0.4, 0.5) is 0 Å². The number of amides is 1. The van der Waals surface area contributed by atoms with Crippen LogP contribution in [0.3, 0.4) is 0 Å². The summed E-state index contributed by atoms with van der Waals surface area (Å²) in [5.41, 5.74) is 1.59. The van der Waals surface area contributed by atoms with E-state index in [9.17, 15) is 9.59 Å². The number of fused-ring (bicyclic) bond motifs is 1. The van der Waals surface area contributed by atoms with Gasteiger partial charge in [-0.2, -0.15) is 0 Å². The first-order valence-electron chi connectivity index (χ1n) is 10.1. The molecule has 3 rings (SSSR count). The lowest BCUT2D eigenvalue weighted by atomic mass is 10.1. The molecule has 1 heterocycles. The molecule has 1 atom stereocenters. The number of carbonyl (C=O) groups excluding carboxylic acids is 1. The van der Waals surface area contributed by atoms with Gasteiger partial charge in [-0.3, -0.25) is 14.5 Å². The lowest BCUT2D eigenvalue weighted by Crippen LogP contribution is -2.39. The SMILES string of the molecule is CCCCN(CC(=O)N[C@@H](C)c1ccccc1)Cc1nc2ccccc2c(=O)[nH]1. The lowest BCUT2D eigenvalue weighted by Gasteiger charge is -2.22. The predicted octanol–water partition coefficient (Wildman–Crippen LogP) is 3.40. The van der Waals surface area contributed by atoms with Crippen molar-refractivity contribution in [2.45, 2.75) is 39.3 Å². The van der Waals surface area contributed by atoms with Crippen molar-refractivity contribution in [3.8, 4) is 0 Å². The smallest absolute Gasteiger partial charge is 0.258 e. The van der Waals surface area contributed by atoms with Gasteiger partial charge in [0.15, 0.2) is 0 Å². The van der Waals surface area contributed by atoms with E-state index in [-0.39, 0.29) is 24.1 Å². The Morgan fingerprint density at radius 1 is 1.14 bits per heavy atom. The first kappa shape index (κ1) is 20.7. The van der Waals surface area contributed by atoms with Crippen molar-refractivity contribution in [1.29, 1.82) is 0 Å². The average Bonchev–Trinajstić information content (AvgIpc) is 2.72. The Kier molecular flexibility index (Phi) is 7.14. The quantitative estimate of drug-likeness (QED) is 0.585. The normalized spacial score (nSPS) is 12.2. The molecule has 0 aliphatic carbocycles. The average molecular weight is 393 g/mol. The minimum atomic E-state index is -0.150. The Labute approximate surface area is 171 Å². The van der Waals surface area contributed by atoms with E-state index in [1.54, 1.807) is 6.07 Å². The molecule has 6 nitrogen and oxygen atoms in total. The molecule has 2 aromatic carbocycles. The minimum absolute atomic E-state index is 0.0411. The maximum atomic E-state index is 12.6. The predicted molar refractivity (Wildman–Crippen MR) is 116 cm³/mol. The van der Waals surface area contributed by atoms with Crippen LogP contribution in [-0.4, -0.2) is 33.9 Å². The van der Waals surface area contributed by atoms with Gasteiger partial charge in [0.1, 0.15) is 5.82 Å². The standard InChI is InChI=1S/C23H28N4O2/c1-3-4-14-27(16-22(28)24-17(2)18-10-6-5-7-11-18)15-21-25-20-13-9-8-12-19(20)23(29)26-21/h5-13,17H,3-4,14-16H2,1-2H3,(H,24,28)(H,25,26,29)/t17-/m0/s1. The fourth-order valence-corrected chi connectivity index (χ4v) is 3.33. The number of aromatic nitrogens is 2. The molecule has 1 amide bonds. The van der Waals surface area contributed by atoms with E-state index in [1.807, 2.05) is 60.4 Å². The van der Waals surface area contributed by atoms with Crippen molar-refractivity contribution in [2.24, 2.45) is 0 Å². The van der Waals surface area contributed by atoms with Gasteiger partial charge in [-0.05, 0) is 37.6 Å². The third kappa shape index (κ3) is 5.74. The second-order valence-corrected chi connectivity index (χ2v) is 7.29. The summed E-state index contributed by atoms with van der Waals surface area (Å²) in [6.07, 6.45) is 2.00. The second kappa shape index (κ2) is 9.98. The highest BCUT2D eigenvalue weighted by atomic mass is 16.2. The molecule has 0 aliphatic heterocycles. The number of rotatable bonds is 9. The molecule has 0 unspecified atom stereocenters. The first-order valence-corrected chi connectivity index (χ1v) is 10.1. The van der Waals surface area contributed by atoms with Crippen LogP contribution in [0.5, 0.6) is 0 Å². The van der Waals surface area contributed by atoms with E-state index in [1.165, 1.54) is 0 Å². The van der Waals surface area contributed by atoms with Gasteiger partial charge in [0.25, 0.3) is 5.56 Å². The van der Waals surface area contributed by atoms with E-state index in [0.29, 0.717) is 23.3 Å². The van der Waals surface area contributed by atoms with Crippen LogP contribution in [0.25, 0.3) is 10.9 Å². The van der Waals surface area contributed by atoms with Gasteiger partial charge in [0.2, 0.25) is 5.91 Å². The van der Waals surface area contributed by atoms with Gasteiger partial charge in [0, 0.05) is 0 Å². The van der Waals surface area contributed by atoms with E-state index >= 15 is 0 Å². The van der Waals surface area contributed by atoms with Gasteiger partial charge >= 0.3 is 0 Å². The Bertz CT molecular complexity index is 1000. The Morgan fingerprint density at radius 3 is 2.62 bits per heavy atom. The Hall–Kier alpha value is -2.99. The molecule has 3 aromatic rings. The van der Waals surface area contributed by atoms with Crippen molar-refractivity contribution < 1.29 is 4.79 Å². The summed E-state index contributed by atoms with van der Waals surface area (Å²) < 4.78 is 0. The molecule has 0 bridgehead atoms.